The van der Waals surface area contributed by atoms with Crippen molar-refractivity contribution in [1.82, 2.24) is 15.2 Å². The molecule has 1 saturated heterocycles. The number of benzene rings is 1. The van der Waals surface area contributed by atoms with Crippen molar-refractivity contribution in [2.24, 2.45) is 0 Å². The number of pyridine rings is 1. The van der Waals surface area contributed by atoms with Gasteiger partial charge >= 0.3 is 17.9 Å². The maximum absolute atomic E-state index is 13.1. The third-order valence-electron chi connectivity index (χ3n) is 7.23. The molecule has 4 rings (SSSR count). The Morgan fingerprint density at radius 2 is 1.51 bits per heavy atom. The molecular weight excluding hydrogens is 558 g/mol. The number of hydrogen-bond donors (Lipinski definition) is 5. The number of carboxylic acids is 3. The lowest BCUT2D eigenvalue weighted by Crippen LogP contribution is -2.62. The predicted molar refractivity (Wildman–Crippen MR) is 157 cm³/mol. The average Bonchev–Trinajstić information content (AvgIpc) is 2.88. The first-order valence-electron chi connectivity index (χ1n) is 13.8. The van der Waals surface area contributed by atoms with Crippen LogP contribution in [0.3, 0.4) is 0 Å². The van der Waals surface area contributed by atoms with Gasteiger partial charge < -0.3 is 30.2 Å². The number of nitrogens with zero attached hydrogens (tertiary/aromatic N) is 2. The summed E-state index contributed by atoms with van der Waals surface area (Å²) in [4.78, 5) is 50.2. The van der Waals surface area contributed by atoms with Crippen LogP contribution in [0.1, 0.15) is 64.5 Å². The standard InChI is InChI=1S/C25H31N3O2.C6H8O7/c1-24(2)13-20(14-25(3,4)27-24)28(15-18-9-11-26-12-10-18)16-19-17-30-22-8-6-5-7-21(22)23(19)29;7-3(8)1-6(13,5(11)12)2-4(9)10/h5-12,17,20,27H,13-16H2,1-4H3;13H,1-2H2,(H,7,8)(H,9,10)(H,11,12). The number of fused-ring (bicyclic) bond motifs is 1. The summed E-state index contributed by atoms with van der Waals surface area (Å²) in [5, 5.41) is 38.2. The first-order valence-corrected chi connectivity index (χ1v) is 13.8. The Balaban J connectivity index is 0.000000331. The zero-order valence-corrected chi connectivity index (χ0v) is 24.7. The molecular formula is C31H39N3O9. The molecule has 12 nitrogen and oxygen atoms in total. The summed E-state index contributed by atoms with van der Waals surface area (Å²) in [5.74, 6) is -5.02. The first-order chi connectivity index (χ1) is 20.0. The van der Waals surface area contributed by atoms with Crippen LogP contribution in [-0.2, 0) is 27.5 Å². The predicted octanol–water partition coefficient (Wildman–Crippen LogP) is 3.25. The molecule has 1 aromatic carbocycles. The van der Waals surface area contributed by atoms with E-state index < -0.39 is 36.4 Å². The zero-order chi connectivity index (χ0) is 32.0. The van der Waals surface area contributed by atoms with Crippen LogP contribution in [0.2, 0.25) is 0 Å². The summed E-state index contributed by atoms with van der Waals surface area (Å²) in [6.45, 7) is 10.4. The molecule has 232 valence electrons. The van der Waals surface area contributed by atoms with Crippen molar-refractivity contribution in [3.05, 3.63) is 76.4 Å². The number of hydrogen-bond acceptors (Lipinski definition) is 9. The quantitative estimate of drug-likeness (QED) is 0.230. The lowest BCUT2D eigenvalue weighted by Gasteiger charge is -2.49. The molecule has 2 aromatic heterocycles. The summed E-state index contributed by atoms with van der Waals surface area (Å²) in [6.07, 6.45) is 5.04. The highest BCUT2D eigenvalue weighted by molar-refractivity contribution is 5.88. The largest absolute Gasteiger partial charge is 0.481 e. The Bertz CT molecular complexity index is 1470. The van der Waals surface area contributed by atoms with Gasteiger partial charge in [-0.3, -0.25) is 24.3 Å². The maximum Gasteiger partial charge on any atom is 0.336 e. The second-order valence-electron chi connectivity index (χ2n) is 12.3. The number of nitrogens with one attached hydrogen (secondary N) is 1. The van der Waals surface area contributed by atoms with E-state index in [9.17, 15) is 19.2 Å². The number of rotatable bonds is 10. The number of carbonyl (C=O) groups is 3. The van der Waals surface area contributed by atoms with E-state index in [1.165, 1.54) is 5.56 Å². The number of carboxylic acid groups (broad SMARTS) is 3. The summed E-state index contributed by atoms with van der Waals surface area (Å²) < 4.78 is 5.79. The van der Waals surface area contributed by atoms with Crippen LogP contribution in [0, 0.1) is 0 Å². The lowest BCUT2D eigenvalue weighted by molar-refractivity contribution is -0.170. The second kappa shape index (κ2) is 13.4. The Hall–Kier alpha value is -4.13. The zero-order valence-electron chi connectivity index (χ0n) is 24.7. The molecule has 3 heterocycles. The number of para-hydroxylation sites is 1. The normalized spacial score (nSPS) is 16.3. The van der Waals surface area contributed by atoms with E-state index in [0.29, 0.717) is 29.1 Å². The summed E-state index contributed by atoms with van der Waals surface area (Å²) in [6, 6.07) is 11.9. The molecule has 5 N–H and O–H groups in total. The summed E-state index contributed by atoms with van der Waals surface area (Å²) in [5.41, 5.74) is -0.0904. The third-order valence-corrected chi connectivity index (χ3v) is 7.23. The monoisotopic (exact) mass is 597 g/mol. The minimum Gasteiger partial charge on any atom is -0.481 e. The van der Waals surface area contributed by atoms with Crippen molar-refractivity contribution in [3.8, 4) is 0 Å². The van der Waals surface area contributed by atoms with Gasteiger partial charge in [-0.1, -0.05) is 12.1 Å². The Labute approximate surface area is 249 Å². The molecule has 0 spiro atoms. The van der Waals surface area contributed by atoms with Gasteiger partial charge in [0.1, 0.15) is 5.58 Å². The highest BCUT2D eigenvalue weighted by Crippen LogP contribution is 2.33. The molecule has 12 heteroatoms. The number of aliphatic hydroxyl groups is 1. The molecule has 1 aliphatic heterocycles. The summed E-state index contributed by atoms with van der Waals surface area (Å²) in [7, 11) is 0. The van der Waals surface area contributed by atoms with E-state index in [-0.39, 0.29) is 16.5 Å². The van der Waals surface area contributed by atoms with Crippen molar-refractivity contribution in [1.29, 1.82) is 0 Å². The van der Waals surface area contributed by atoms with E-state index in [0.717, 1.165) is 19.4 Å². The fourth-order valence-corrected chi connectivity index (χ4v) is 5.72. The molecule has 0 aliphatic carbocycles. The van der Waals surface area contributed by atoms with E-state index in [4.69, 9.17) is 24.8 Å². The van der Waals surface area contributed by atoms with Crippen LogP contribution in [0.5, 0.6) is 0 Å². The average molecular weight is 598 g/mol. The minimum atomic E-state index is -2.74. The molecule has 1 aliphatic rings. The van der Waals surface area contributed by atoms with Crippen molar-refractivity contribution in [2.45, 2.75) is 89.2 Å². The third kappa shape index (κ3) is 9.43. The van der Waals surface area contributed by atoms with Crippen LogP contribution in [-0.4, -0.2) is 70.9 Å². The fraction of sp³-hybridized carbons (Fsp3) is 0.452. The second-order valence-corrected chi connectivity index (χ2v) is 12.3. The van der Waals surface area contributed by atoms with E-state index >= 15 is 0 Å². The Kier molecular flexibility index (Phi) is 10.4. The van der Waals surface area contributed by atoms with E-state index in [1.54, 1.807) is 6.26 Å². The van der Waals surface area contributed by atoms with Gasteiger partial charge in [0.05, 0.1) is 24.5 Å². The molecule has 0 radical (unpaired) electrons. The fourth-order valence-electron chi connectivity index (χ4n) is 5.72. The van der Waals surface area contributed by atoms with Gasteiger partial charge in [0, 0.05) is 48.2 Å². The van der Waals surface area contributed by atoms with Gasteiger partial charge in [0.15, 0.2) is 11.0 Å². The van der Waals surface area contributed by atoms with Gasteiger partial charge in [-0.25, -0.2) is 4.79 Å². The highest BCUT2D eigenvalue weighted by Gasteiger charge is 2.41. The topological polar surface area (TPSA) is 190 Å². The maximum atomic E-state index is 13.1. The highest BCUT2D eigenvalue weighted by atomic mass is 16.4. The molecule has 43 heavy (non-hydrogen) atoms. The van der Waals surface area contributed by atoms with Crippen LogP contribution in [0.25, 0.3) is 11.0 Å². The van der Waals surface area contributed by atoms with Gasteiger partial charge in [0.2, 0.25) is 0 Å². The van der Waals surface area contributed by atoms with E-state index in [2.05, 4.69) is 42.9 Å². The Morgan fingerprint density at radius 1 is 0.953 bits per heavy atom. The molecule has 3 aromatic rings. The lowest BCUT2D eigenvalue weighted by atomic mass is 9.79. The molecule has 0 atom stereocenters. The van der Waals surface area contributed by atoms with Crippen LogP contribution in [0.15, 0.2) is 64.3 Å². The SMILES string of the molecule is CC1(C)CC(N(Cc2ccncc2)Cc2coc3ccccc3c2=O)CC(C)(C)N1.O=C(O)CC(O)(CC(=O)O)C(=O)O. The van der Waals surface area contributed by atoms with Gasteiger partial charge in [-0.05, 0) is 70.4 Å². The van der Waals surface area contributed by atoms with Crippen LogP contribution >= 0.6 is 0 Å². The van der Waals surface area contributed by atoms with Crippen LogP contribution < -0.4 is 10.7 Å². The molecule has 0 unspecified atom stereocenters. The van der Waals surface area contributed by atoms with Crippen molar-refractivity contribution in [3.63, 3.8) is 0 Å². The molecule has 0 saturated carbocycles. The summed E-state index contributed by atoms with van der Waals surface area (Å²) >= 11 is 0. The number of piperidine rings is 1. The minimum absolute atomic E-state index is 0.0248. The van der Waals surface area contributed by atoms with Gasteiger partial charge in [-0.2, -0.15) is 0 Å². The van der Waals surface area contributed by atoms with E-state index in [1.807, 2.05) is 48.8 Å². The van der Waals surface area contributed by atoms with Gasteiger partial charge in [-0.15, -0.1) is 0 Å². The van der Waals surface area contributed by atoms with Crippen molar-refractivity contribution >= 4 is 28.9 Å². The van der Waals surface area contributed by atoms with Crippen molar-refractivity contribution in [2.75, 3.05) is 0 Å². The Morgan fingerprint density at radius 3 is 2.05 bits per heavy atom. The molecule has 0 bridgehead atoms. The smallest absolute Gasteiger partial charge is 0.336 e. The van der Waals surface area contributed by atoms with Crippen LogP contribution in [0.4, 0.5) is 0 Å². The van der Waals surface area contributed by atoms with Crippen molar-refractivity contribution < 1.29 is 39.2 Å². The number of aromatic nitrogens is 1. The van der Waals surface area contributed by atoms with Gasteiger partial charge in [0.25, 0.3) is 0 Å². The molecule has 0 amide bonds. The number of aliphatic carboxylic acids is 3. The first kappa shape index (κ1) is 33.4. The molecule has 1 fully saturated rings.